The summed E-state index contributed by atoms with van der Waals surface area (Å²) in [5.41, 5.74) is 3.17. The lowest BCUT2D eigenvalue weighted by Gasteiger charge is -2.12. The summed E-state index contributed by atoms with van der Waals surface area (Å²) in [5.74, 6) is 0.209. The van der Waals surface area contributed by atoms with Gasteiger partial charge in [-0.25, -0.2) is 4.79 Å². The van der Waals surface area contributed by atoms with Crippen molar-refractivity contribution < 1.29 is 19.4 Å². The molecule has 0 spiro atoms. The molecule has 4 nitrogen and oxygen atoms in total. The number of ether oxygens (including phenoxy) is 2. The quantitative estimate of drug-likeness (QED) is 0.860. The molecule has 2 aromatic carbocycles. The van der Waals surface area contributed by atoms with Gasteiger partial charge in [-0.1, -0.05) is 29.8 Å². The Kier molecular flexibility index (Phi) is 5.04. The Bertz CT molecular complexity index is 677. The number of hydrogen-bond acceptors (Lipinski definition) is 4. The maximum atomic E-state index is 11.8. The van der Waals surface area contributed by atoms with Crippen LogP contribution in [0, 0.1) is 13.8 Å². The number of carbonyl (C=O) groups is 1. The minimum absolute atomic E-state index is 0.0733. The third-order valence-corrected chi connectivity index (χ3v) is 3.48. The van der Waals surface area contributed by atoms with Crippen LogP contribution in [0.1, 0.15) is 27.0 Å². The number of benzene rings is 2. The first-order chi connectivity index (χ1) is 10.5. The largest absolute Gasteiger partial charge is 0.507 e. The van der Waals surface area contributed by atoms with Crippen LogP contribution in [0.25, 0.3) is 0 Å². The predicted octanol–water partition coefficient (Wildman–Crippen LogP) is 3.42. The molecule has 0 atom stereocenters. The normalized spacial score (nSPS) is 10.3. The van der Waals surface area contributed by atoms with Crippen molar-refractivity contribution in [3.63, 3.8) is 0 Å². The highest BCUT2D eigenvalue weighted by molar-refractivity contribution is 5.94. The number of esters is 1. The van der Waals surface area contributed by atoms with Gasteiger partial charge in [-0.05, 0) is 37.1 Å². The minimum atomic E-state index is -0.542. The molecule has 2 rings (SSSR count). The molecule has 0 aliphatic heterocycles. The molecule has 0 aromatic heterocycles. The molecule has 0 fully saturated rings. The smallest absolute Gasteiger partial charge is 0.341 e. The molecular formula is C18H20O4. The summed E-state index contributed by atoms with van der Waals surface area (Å²) in [7, 11) is 1.30. The number of hydrogen-bond donors (Lipinski definition) is 1. The third kappa shape index (κ3) is 3.58. The first-order valence-corrected chi connectivity index (χ1v) is 7.12. The van der Waals surface area contributed by atoms with Crippen molar-refractivity contribution in [1.82, 2.24) is 0 Å². The molecule has 4 heteroatoms. The maximum absolute atomic E-state index is 11.8. The summed E-state index contributed by atoms with van der Waals surface area (Å²) in [6, 6.07) is 11.0. The van der Waals surface area contributed by atoms with E-state index in [1.807, 2.05) is 26.0 Å². The van der Waals surface area contributed by atoms with Crippen molar-refractivity contribution in [3.8, 4) is 11.5 Å². The van der Waals surface area contributed by atoms with Crippen molar-refractivity contribution in [3.05, 3.63) is 58.7 Å². The Hall–Kier alpha value is -2.49. The molecule has 22 heavy (non-hydrogen) atoms. The fraction of sp³-hybridized carbons (Fsp3) is 0.278. The van der Waals surface area contributed by atoms with E-state index in [1.165, 1.54) is 18.7 Å². The van der Waals surface area contributed by atoms with Crippen LogP contribution in [0.15, 0.2) is 36.4 Å². The SMILES string of the molecule is COC(=O)c1c(O)cccc1CCOc1ccc(C)cc1C. The highest BCUT2D eigenvalue weighted by Crippen LogP contribution is 2.23. The Morgan fingerprint density at radius 3 is 2.64 bits per heavy atom. The molecule has 0 amide bonds. The van der Waals surface area contributed by atoms with E-state index in [4.69, 9.17) is 9.47 Å². The van der Waals surface area contributed by atoms with Gasteiger partial charge >= 0.3 is 5.97 Å². The van der Waals surface area contributed by atoms with Crippen molar-refractivity contribution in [2.45, 2.75) is 20.3 Å². The molecular weight excluding hydrogens is 280 g/mol. The van der Waals surface area contributed by atoms with E-state index in [-0.39, 0.29) is 11.3 Å². The van der Waals surface area contributed by atoms with E-state index in [1.54, 1.807) is 12.1 Å². The van der Waals surface area contributed by atoms with E-state index in [0.717, 1.165) is 11.3 Å². The summed E-state index contributed by atoms with van der Waals surface area (Å²) in [5, 5.41) is 9.84. The molecule has 0 saturated heterocycles. The lowest BCUT2D eigenvalue weighted by atomic mass is 10.0. The average Bonchev–Trinajstić information content (AvgIpc) is 2.49. The molecule has 2 aromatic rings. The van der Waals surface area contributed by atoms with Crippen LogP contribution in [-0.4, -0.2) is 24.8 Å². The van der Waals surface area contributed by atoms with E-state index >= 15 is 0 Å². The fourth-order valence-electron chi connectivity index (χ4n) is 2.36. The first-order valence-electron chi connectivity index (χ1n) is 7.12. The van der Waals surface area contributed by atoms with E-state index in [9.17, 15) is 9.90 Å². The summed E-state index contributed by atoms with van der Waals surface area (Å²) in [4.78, 5) is 11.8. The number of phenolic OH excluding ortho intramolecular Hbond substituents is 1. The van der Waals surface area contributed by atoms with Crippen LogP contribution in [0.5, 0.6) is 11.5 Å². The van der Waals surface area contributed by atoms with Crippen LogP contribution in [0.3, 0.4) is 0 Å². The van der Waals surface area contributed by atoms with Crippen LogP contribution in [0.4, 0.5) is 0 Å². The number of carbonyl (C=O) groups excluding carboxylic acids is 1. The topological polar surface area (TPSA) is 55.8 Å². The Balaban J connectivity index is 2.09. The zero-order valence-corrected chi connectivity index (χ0v) is 13.1. The van der Waals surface area contributed by atoms with Crippen LogP contribution in [0.2, 0.25) is 0 Å². The second-order valence-corrected chi connectivity index (χ2v) is 5.17. The second kappa shape index (κ2) is 6.98. The Labute approximate surface area is 130 Å². The number of aryl methyl sites for hydroxylation is 2. The third-order valence-electron chi connectivity index (χ3n) is 3.48. The van der Waals surface area contributed by atoms with Gasteiger partial charge in [0.25, 0.3) is 0 Å². The van der Waals surface area contributed by atoms with Gasteiger partial charge in [-0.3, -0.25) is 0 Å². The highest BCUT2D eigenvalue weighted by Gasteiger charge is 2.16. The van der Waals surface area contributed by atoms with Crippen molar-refractivity contribution >= 4 is 5.97 Å². The van der Waals surface area contributed by atoms with Gasteiger partial charge in [0.2, 0.25) is 0 Å². The van der Waals surface area contributed by atoms with Gasteiger partial charge in [0.1, 0.15) is 17.1 Å². The summed E-state index contributed by atoms with van der Waals surface area (Å²) in [6.45, 7) is 4.44. The second-order valence-electron chi connectivity index (χ2n) is 5.17. The van der Waals surface area contributed by atoms with Gasteiger partial charge < -0.3 is 14.6 Å². The summed E-state index contributed by atoms with van der Waals surface area (Å²) in [6.07, 6.45) is 0.506. The molecule has 0 unspecified atom stereocenters. The zero-order valence-electron chi connectivity index (χ0n) is 13.1. The van der Waals surface area contributed by atoms with Gasteiger partial charge in [0.05, 0.1) is 13.7 Å². The molecule has 0 heterocycles. The minimum Gasteiger partial charge on any atom is -0.507 e. The van der Waals surface area contributed by atoms with Crippen LogP contribution in [-0.2, 0) is 11.2 Å². The first kappa shape index (κ1) is 15.9. The number of rotatable bonds is 5. The van der Waals surface area contributed by atoms with Gasteiger partial charge in [0.15, 0.2) is 0 Å². The number of methoxy groups -OCH3 is 1. The molecule has 0 aliphatic carbocycles. The summed E-state index contributed by atoms with van der Waals surface area (Å²) >= 11 is 0. The lowest BCUT2D eigenvalue weighted by Crippen LogP contribution is -2.10. The monoisotopic (exact) mass is 300 g/mol. The molecule has 0 radical (unpaired) electrons. The van der Waals surface area contributed by atoms with Crippen molar-refractivity contribution in [1.29, 1.82) is 0 Å². The lowest BCUT2D eigenvalue weighted by molar-refractivity contribution is 0.0596. The fourth-order valence-corrected chi connectivity index (χ4v) is 2.36. The predicted molar refractivity (Wildman–Crippen MR) is 84.6 cm³/mol. The number of aromatic hydroxyl groups is 1. The highest BCUT2D eigenvalue weighted by atomic mass is 16.5. The molecule has 0 saturated carbocycles. The Morgan fingerprint density at radius 1 is 1.18 bits per heavy atom. The summed E-state index contributed by atoms with van der Waals surface area (Å²) < 4.78 is 10.5. The molecule has 1 N–H and O–H groups in total. The van der Waals surface area contributed by atoms with E-state index in [0.29, 0.717) is 18.6 Å². The van der Waals surface area contributed by atoms with Gasteiger partial charge in [0, 0.05) is 6.42 Å². The standard InChI is InChI=1S/C18H20O4/c1-12-7-8-16(13(2)11-12)22-10-9-14-5-4-6-15(19)17(14)18(20)21-3/h4-8,11,19H,9-10H2,1-3H3. The van der Waals surface area contributed by atoms with Gasteiger partial charge in [-0.2, -0.15) is 0 Å². The van der Waals surface area contributed by atoms with E-state index < -0.39 is 5.97 Å². The maximum Gasteiger partial charge on any atom is 0.341 e. The van der Waals surface area contributed by atoms with Crippen molar-refractivity contribution in [2.75, 3.05) is 13.7 Å². The molecule has 0 bridgehead atoms. The van der Waals surface area contributed by atoms with Gasteiger partial charge in [-0.15, -0.1) is 0 Å². The van der Waals surface area contributed by atoms with E-state index in [2.05, 4.69) is 6.07 Å². The van der Waals surface area contributed by atoms with Crippen LogP contribution >= 0.6 is 0 Å². The Morgan fingerprint density at radius 2 is 1.95 bits per heavy atom. The number of phenols is 1. The zero-order chi connectivity index (χ0) is 16.1. The molecule has 0 aliphatic rings. The van der Waals surface area contributed by atoms with Crippen molar-refractivity contribution in [2.24, 2.45) is 0 Å². The average molecular weight is 300 g/mol. The molecule has 116 valence electrons. The van der Waals surface area contributed by atoms with Crippen LogP contribution < -0.4 is 4.74 Å².